The van der Waals surface area contributed by atoms with Crippen LogP contribution in [0.2, 0.25) is 0 Å². The van der Waals surface area contributed by atoms with Crippen molar-refractivity contribution in [2.45, 2.75) is 0 Å². The van der Waals surface area contributed by atoms with Gasteiger partial charge in [0.05, 0.1) is 22.9 Å². The molecular formula is C15H11NO2S. The van der Waals surface area contributed by atoms with Gasteiger partial charge >= 0.3 is 0 Å². The number of aromatic nitrogens is 1. The zero-order chi connectivity index (χ0) is 13.2. The molecule has 2 aromatic carbocycles. The number of fused-ring (bicyclic) bond motifs is 1. The number of rotatable bonds is 3. The van der Waals surface area contributed by atoms with Crippen molar-refractivity contribution in [2.24, 2.45) is 0 Å². The summed E-state index contributed by atoms with van der Waals surface area (Å²) in [6.07, 6.45) is 0.791. The van der Waals surface area contributed by atoms with Crippen LogP contribution < -0.4 is 4.74 Å². The van der Waals surface area contributed by atoms with Crippen LogP contribution in [-0.4, -0.2) is 18.4 Å². The molecule has 0 unspecified atom stereocenters. The van der Waals surface area contributed by atoms with Gasteiger partial charge in [-0.3, -0.25) is 4.79 Å². The second-order valence-corrected chi connectivity index (χ2v) is 5.10. The molecule has 19 heavy (non-hydrogen) atoms. The lowest BCUT2D eigenvalue weighted by Gasteiger charge is -2.01. The number of aldehydes is 1. The summed E-state index contributed by atoms with van der Waals surface area (Å²) in [6.45, 7) is 0. The van der Waals surface area contributed by atoms with Gasteiger partial charge in [0.2, 0.25) is 0 Å². The van der Waals surface area contributed by atoms with Crippen LogP contribution in [0.4, 0.5) is 0 Å². The Labute approximate surface area is 114 Å². The minimum Gasteiger partial charge on any atom is -0.496 e. The number of thiazole rings is 1. The van der Waals surface area contributed by atoms with Crippen molar-refractivity contribution in [1.82, 2.24) is 4.98 Å². The zero-order valence-corrected chi connectivity index (χ0v) is 11.1. The van der Waals surface area contributed by atoms with E-state index in [1.165, 1.54) is 0 Å². The van der Waals surface area contributed by atoms with Gasteiger partial charge in [-0.1, -0.05) is 30.3 Å². The normalized spacial score (nSPS) is 10.6. The van der Waals surface area contributed by atoms with E-state index >= 15 is 0 Å². The number of ether oxygens (including phenoxy) is 1. The third-order valence-electron chi connectivity index (χ3n) is 2.89. The van der Waals surface area contributed by atoms with E-state index in [1.54, 1.807) is 24.5 Å². The summed E-state index contributed by atoms with van der Waals surface area (Å²) in [5, 5.41) is 0.945. The molecule has 4 heteroatoms. The molecular weight excluding hydrogens is 258 g/mol. The lowest BCUT2D eigenvalue weighted by molar-refractivity contribution is 0.112. The number of carbonyl (C=O) groups excluding carboxylic acids is 1. The predicted molar refractivity (Wildman–Crippen MR) is 77.0 cm³/mol. The molecule has 0 bridgehead atoms. The van der Waals surface area contributed by atoms with E-state index in [4.69, 9.17) is 4.74 Å². The van der Waals surface area contributed by atoms with Crippen LogP contribution >= 0.6 is 11.3 Å². The van der Waals surface area contributed by atoms with Gasteiger partial charge in [0.1, 0.15) is 10.8 Å². The molecule has 0 radical (unpaired) electrons. The maximum absolute atomic E-state index is 11.0. The first kappa shape index (κ1) is 11.9. The quantitative estimate of drug-likeness (QED) is 0.679. The van der Waals surface area contributed by atoms with Crippen LogP contribution in [0.5, 0.6) is 5.75 Å². The Morgan fingerprint density at radius 1 is 1.21 bits per heavy atom. The van der Waals surface area contributed by atoms with Crippen molar-refractivity contribution in [2.75, 3.05) is 7.11 Å². The minimum absolute atomic E-state index is 0.528. The van der Waals surface area contributed by atoms with Crippen molar-refractivity contribution >= 4 is 27.8 Å². The van der Waals surface area contributed by atoms with Gasteiger partial charge in [0, 0.05) is 11.6 Å². The molecule has 1 aromatic heterocycles. The van der Waals surface area contributed by atoms with Gasteiger partial charge in [0.25, 0.3) is 0 Å². The zero-order valence-electron chi connectivity index (χ0n) is 10.3. The smallest absolute Gasteiger partial charge is 0.153 e. The van der Waals surface area contributed by atoms with Gasteiger partial charge in [-0.15, -0.1) is 11.3 Å². The second kappa shape index (κ2) is 4.82. The second-order valence-electron chi connectivity index (χ2n) is 4.06. The number of hydrogen-bond donors (Lipinski definition) is 0. The average Bonchev–Trinajstić information content (AvgIpc) is 2.89. The highest BCUT2D eigenvalue weighted by atomic mass is 32.1. The highest BCUT2D eigenvalue weighted by Crippen LogP contribution is 2.33. The van der Waals surface area contributed by atoms with E-state index in [9.17, 15) is 4.79 Å². The minimum atomic E-state index is 0.528. The molecule has 0 spiro atoms. The summed E-state index contributed by atoms with van der Waals surface area (Å²) in [7, 11) is 1.56. The van der Waals surface area contributed by atoms with E-state index in [-0.39, 0.29) is 0 Å². The monoisotopic (exact) mass is 269 g/mol. The van der Waals surface area contributed by atoms with Crippen molar-refractivity contribution in [1.29, 1.82) is 0 Å². The van der Waals surface area contributed by atoms with Crippen LogP contribution in [0.25, 0.3) is 20.8 Å². The SMILES string of the molecule is COc1cc2sc(-c3ccccc3)nc2cc1C=O. The Kier molecular flexibility index (Phi) is 3.01. The van der Waals surface area contributed by atoms with Gasteiger partial charge in [-0.25, -0.2) is 4.98 Å². The summed E-state index contributed by atoms with van der Waals surface area (Å²) in [5.74, 6) is 0.589. The van der Waals surface area contributed by atoms with Crippen molar-refractivity contribution in [3.8, 4) is 16.3 Å². The van der Waals surface area contributed by atoms with Crippen LogP contribution in [0.15, 0.2) is 42.5 Å². The predicted octanol–water partition coefficient (Wildman–Crippen LogP) is 3.78. The Morgan fingerprint density at radius 2 is 2.00 bits per heavy atom. The van der Waals surface area contributed by atoms with Crippen LogP contribution in [0, 0.1) is 0 Å². The standard InChI is InChI=1S/C15H11NO2S/c1-18-13-8-14-12(7-11(13)9-17)16-15(19-14)10-5-3-2-4-6-10/h2-9H,1H3. The molecule has 3 aromatic rings. The van der Waals surface area contributed by atoms with E-state index in [2.05, 4.69) is 4.98 Å². The number of methoxy groups -OCH3 is 1. The van der Waals surface area contributed by atoms with Gasteiger partial charge in [-0.2, -0.15) is 0 Å². The highest BCUT2D eigenvalue weighted by molar-refractivity contribution is 7.21. The molecule has 0 aliphatic carbocycles. The molecule has 0 aliphatic rings. The van der Waals surface area contributed by atoms with Crippen molar-refractivity contribution in [3.05, 3.63) is 48.0 Å². The topological polar surface area (TPSA) is 39.2 Å². The molecule has 0 amide bonds. The fraction of sp³-hybridized carbons (Fsp3) is 0.0667. The summed E-state index contributed by atoms with van der Waals surface area (Å²) in [5.41, 5.74) is 2.43. The number of carbonyl (C=O) groups is 1. The molecule has 0 saturated carbocycles. The van der Waals surface area contributed by atoms with Crippen molar-refractivity contribution < 1.29 is 9.53 Å². The van der Waals surface area contributed by atoms with Crippen LogP contribution in [0.3, 0.4) is 0 Å². The first-order valence-corrected chi connectivity index (χ1v) is 6.62. The van der Waals surface area contributed by atoms with Gasteiger partial charge < -0.3 is 4.74 Å². The lowest BCUT2D eigenvalue weighted by Crippen LogP contribution is -1.89. The highest BCUT2D eigenvalue weighted by Gasteiger charge is 2.10. The Morgan fingerprint density at radius 3 is 2.68 bits per heavy atom. The maximum atomic E-state index is 11.0. The van der Waals surface area contributed by atoms with Crippen LogP contribution in [-0.2, 0) is 0 Å². The fourth-order valence-electron chi connectivity index (χ4n) is 1.94. The molecule has 0 saturated heterocycles. The third-order valence-corrected chi connectivity index (χ3v) is 3.95. The van der Waals surface area contributed by atoms with E-state index < -0.39 is 0 Å². The molecule has 0 aliphatic heterocycles. The van der Waals surface area contributed by atoms with Gasteiger partial charge in [-0.05, 0) is 6.07 Å². The molecule has 0 fully saturated rings. The molecule has 0 N–H and O–H groups in total. The third kappa shape index (κ3) is 2.11. The number of nitrogens with zero attached hydrogens (tertiary/aromatic N) is 1. The Bertz CT molecular complexity index is 734. The van der Waals surface area contributed by atoms with Gasteiger partial charge in [0.15, 0.2) is 6.29 Å². The fourth-order valence-corrected chi connectivity index (χ4v) is 2.93. The molecule has 3 rings (SSSR count). The molecule has 1 heterocycles. The van der Waals surface area contributed by atoms with Crippen molar-refractivity contribution in [3.63, 3.8) is 0 Å². The lowest BCUT2D eigenvalue weighted by atomic mass is 10.2. The molecule has 3 nitrogen and oxygen atoms in total. The Hall–Kier alpha value is -2.20. The summed E-state index contributed by atoms with van der Waals surface area (Å²) >= 11 is 1.59. The first-order chi connectivity index (χ1) is 9.31. The summed E-state index contributed by atoms with van der Waals surface area (Å²) < 4.78 is 6.22. The van der Waals surface area contributed by atoms with E-state index in [0.29, 0.717) is 11.3 Å². The maximum Gasteiger partial charge on any atom is 0.153 e. The molecule has 94 valence electrons. The van der Waals surface area contributed by atoms with E-state index in [0.717, 1.165) is 27.1 Å². The molecule has 0 atom stereocenters. The average molecular weight is 269 g/mol. The van der Waals surface area contributed by atoms with Crippen LogP contribution in [0.1, 0.15) is 10.4 Å². The summed E-state index contributed by atoms with van der Waals surface area (Å²) in [6, 6.07) is 13.6. The number of benzene rings is 2. The Balaban J connectivity index is 2.18. The van der Waals surface area contributed by atoms with E-state index in [1.807, 2.05) is 36.4 Å². The largest absolute Gasteiger partial charge is 0.496 e. The number of hydrogen-bond acceptors (Lipinski definition) is 4. The first-order valence-electron chi connectivity index (χ1n) is 5.81. The summed E-state index contributed by atoms with van der Waals surface area (Å²) in [4.78, 5) is 15.6.